The SMILES string of the molecule is COc1ccc2nc(-c3ccc4c(c3)OCO4)c(CNC(=O)c3ccccc3)n2n1. The van der Waals surface area contributed by atoms with Gasteiger partial charge < -0.3 is 19.5 Å². The van der Waals surface area contributed by atoms with Crippen LogP contribution >= 0.6 is 0 Å². The molecule has 0 unspecified atom stereocenters. The second-order valence-corrected chi connectivity index (χ2v) is 6.67. The van der Waals surface area contributed by atoms with Crippen LogP contribution in [0.25, 0.3) is 16.9 Å². The van der Waals surface area contributed by atoms with Crippen molar-refractivity contribution in [2.45, 2.75) is 6.54 Å². The van der Waals surface area contributed by atoms with E-state index in [2.05, 4.69) is 10.4 Å². The van der Waals surface area contributed by atoms with Gasteiger partial charge in [0, 0.05) is 17.2 Å². The summed E-state index contributed by atoms with van der Waals surface area (Å²) in [5, 5.41) is 7.44. The van der Waals surface area contributed by atoms with Crippen LogP contribution in [0.1, 0.15) is 16.1 Å². The molecule has 0 atom stereocenters. The van der Waals surface area contributed by atoms with Crippen LogP contribution in [0.5, 0.6) is 17.4 Å². The Hall–Kier alpha value is -4.07. The zero-order chi connectivity index (χ0) is 20.5. The number of hydrogen-bond acceptors (Lipinski definition) is 6. The number of carbonyl (C=O) groups is 1. The van der Waals surface area contributed by atoms with Crippen molar-refractivity contribution in [2.24, 2.45) is 0 Å². The van der Waals surface area contributed by atoms with Crippen LogP contribution in [0.15, 0.2) is 60.7 Å². The summed E-state index contributed by atoms with van der Waals surface area (Å²) in [5.41, 5.74) is 3.50. The molecule has 8 nitrogen and oxygen atoms in total. The smallest absolute Gasteiger partial charge is 0.251 e. The Morgan fingerprint density at radius 1 is 1.10 bits per heavy atom. The molecule has 150 valence electrons. The Morgan fingerprint density at radius 3 is 2.77 bits per heavy atom. The van der Waals surface area contributed by atoms with Gasteiger partial charge in [0.1, 0.15) is 0 Å². The van der Waals surface area contributed by atoms with Crippen molar-refractivity contribution in [1.29, 1.82) is 0 Å². The third-order valence-corrected chi connectivity index (χ3v) is 4.85. The van der Waals surface area contributed by atoms with Crippen molar-refractivity contribution >= 4 is 11.6 Å². The van der Waals surface area contributed by atoms with Gasteiger partial charge in [-0.15, -0.1) is 5.10 Å². The lowest BCUT2D eigenvalue weighted by Gasteiger charge is -2.08. The van der Waals surface area contributed by atoms with Crippen LogP contribution in [0.4, 0.5) is 0 Å². The molecule has 0 aliphatic carbocycles. The highest BCUT2D eigenvalue weighted by Crippen LogP contribution is 2.36. The predicted octanol–water partition coefficient (Wildman–Crippen LogP) is 3.06. The van der Waals surface area contributed by atoms with Gasteiger partial charge in [-0.1, -0.05) is 18.2 Å². The van der Waals surface area contributed by atoms with E-state index in [1.54, 1.807) is 29.8 Å². The van der Waals surface area contributed by atoms with Crippen LogP contribution in [-0.4, -0.2) is 34.4 Å². The number of rotatable bonds is 5. The number of methoxy groups -OCH3 is 1. The summed E-state index contributed by atoms with van der Waals surface area (Å²) in [4.78, 5) is 17.3. The lowest BCUT2D eigenvalue weighted by molar-refractivity contribution is 0.0950. The Balaban J connectivity index is 1.55. The fourth-order valence-electron chi connectivity index (χ4n) is 3.36. The topological polar surface area (TPSA) is 87.0 Å². The van der Waals surface area contributed by atoms with E-state index in [0.717, 1.165) is 11.3 Å². The molecular formula is C22H18N4O4. The maximum atomic E-state index is 12.6. The number of aromatic nitrogens is 3. The van der Waals surface area contributed by atoms with Crippen molar-refractivity contribution < 1.29 is 19.0 Å². The number of amides is 1. The van der Waals surface area contributed by atoms with Gasteiger partial charge in [0.05, 0.1) is 25.0 Å². The molecule has 4 aromatic rings. The third kappa shape index (κ3) is 3.18. The Morgan fingerprint density at radius 2 is 1.93 bits per heavy atom. The fourth-order valence-corrected chi connectivity index (χ4v) is 3.36. The molecule has 0 spiro atoms. The molecule has 1 aliphatic heterocycles. The van der Waals surface area contributed by atoms with E-state index in [0.29, 0.717) is 34.3 Å². The minimum atomic E-state index is -0.176. The van der Waals surface area contributed by atoms with E-state index in [-0.39, 0.29) is 19.2 Å². The number of hydrogen-bond donors (Lipinski definition) is 1. The molecule has 0 radical (unpaired) electrons. The number of carbonyl (C=O) groups excluding carboxylic acids is 1. The lowest BCUT2D eigenvalue weighted by atomic mass is 10.1. The first-order valence-electron chi connectivity index (χ1n) is 9.39. The van der Waals surface area contributed by atoms with Gasteiger partial charge >= 0.3 is 0 Å². The van der Waals surface area contributed by atoms with E-state index >= 15 is 0 Å². The molecule has 2 aromatic heterocycles. The van der Waals surface area contributed by atoms with E-state index in [9.17, 15) is 4.79 Å². The van der Waals surface area contributed by atoms with Crippen LogP contribution in [0.2, 0.25) is 0 Å². The van der Waals surface area contributed by atoms with Crippen LogP contribution in [0.3, 0.4) is 0 Å². The minimum Gasteiger partial charge on any atom is -0.480 e. The maximum Gasteiger partial charge on any atom is 0.251 e. The van der Waals surface area contributed by atoms with E-state index in [1.165, 1.54) is 0 Å². The highest BCUT2D eigenvalue weighted by molar-refractivity contribution is 5.94. The van der Waals surface area contributed by atoms with Crippen molar-refractivity contribution in [3.05, 3.63) is 71.9 Å². The summed E-state index contributed by atoms with van der Waals surface area (Å²) in [7, 11) is 1.56. The van der Waals surface area contributed by atoms with Crippen molar-refractivity contribution in [1.82, 2.24) is 19.9 Å². The Kier molecular flexibility index (Phi) is 4.44. The summed E-state index contributed by atoms with van der Waals surface area (Å²) in [6.07, 6.45) is 0. The maximum absolute atomic E-state index is 12.6. The van der Waals surface area contributed by atoms with Gasteiger partial charge in [-0.2, -0.15) is 0 Å². The molecule has 5 rings (SSSR count). The van der Waals surface area contributed by atoms with Gasteiger partial charge in [0.15, 0.2) is 17.1 Å². The first-order chi connectivity index (χ1) is 14.7. The zero-order valence-corrected chi connectivity index (χ0v) is 16.2. The normalized spacial score (nSPS) is 12.2. The average Bonchev–Trinajstić information content (AvgIpc) is 3.41. The van der Waals surface area contributed by atoms with E-state index in [4.69, 9.17) is 19.2 Å². The summed E-state index contributed by atoms with van der Waals surface area (Å²) in [6.45, 7) is 0.432. The van der Waals surface area contributed by atoms with Crippen molar-refractivity contribution in [3.63, 3.8) is 0 Å². The first kappa shape index (κ1) is 18.0. The Labute approximate surface area is 172 Å². The van der Waals surface area contributed by atoms with E-state index < -0.39 is 0 Å². The summed E-state index contributed by atoms with van der Waals surface area (Å²) in [5.74, 6) is 1.63. The van der Waals surface area contributed by atoms with Crippen molar-refractivity contribution in [2.75, 3.05) is 13.9 Å². The van der Waals surface area contributed by atoms with Crippen LogP contribution in [0, 0.1) is 0 Å². The van der Waals surface area contributed by atoms with Gasteiger partial charge in [-0.3, -0.25) is 4.79 Å². The van der Waals surface area contributed by atoms with Crippen LogP contribution < -0.4 is 19.5 Å². The molecule has 1 N–H and O–H groups in total. The van der Waals surface area contributed by atoms with E-state index in [1.807, 2.05) is 42.5 Å². The fraction of sp³-hybridized carbons (Fsp3) is 0.136. The summed E-state index contributed by atoms with van der Waals surface area (Å²) < 4.78 is 17.9. The van der Waals surface area contributed by atoms with Gasteiger partial charge in [-0.25, -0.2) is 9.50 Å². The summed E-state index contributed by atoms with van der Waals surface area (Å²) >= 11 is 0. The highest BCUT2D eigenvalue weighted by Gasteiger charge is 2.20. The highest BCUT2D eigenvalue weighted by atomic mass is 16.7. The van der Waals surface area contributed by atoms with Crippen molar-refractivity contribution in [3.8, 4) is 28.6 Å². The lowest BCUT2D eigenvalue weighted by Crippen LogP contribution is -2.24. The standard InChI is InChI=1S/C22H18N4O4/c1-28-20-10-9-19-24-21(15-7-8-17-18(11-15)30-13-29-17)16(26(19)25-20)12-23-22(27)14-5-3-2-4-6-14/h2-11H,12-13H2,1H3,(H,23,27). The quantitative estimate of drug-likeness (QED) is 0.552. The molecule has 2 aromatic carbocycles. The molecule has 1 aliphatic rings. The number of nitrogens with one attached hydrogen (secondary N) is 1. The predicted molar refractivity (Wildman–Crippen MR) is 109 cm³/mol. The molecule has 30 heavy (non-hydrogen) atoms. The molecule has 0 saturated carbocycles. The monoisotopic (exact) mass is 402 g/mol. The largest absolute Gasteiger partial charge is 0.480 e. The molecule has 3 heterocycles. The minimum absolute atomic E-state index is 0.176. The molecule has 0 fully saturated rings. The zero-order valence-electron chi connectivity index (χ0n) is 16.2. The van der Waals surface area contributed by atoms with Crippen LogP contribution in [-0.2, 0) is 6.54 Å². The number of nitrogens with zero attached hydrogens (tertiary/aromatic N) is 3. The number of fused-ring (bicyclic) bond motifs is 2. The number of ether oxygens (including phenoxy) is 3. The summed E-state index contributed by atoms with van der Waals surface area (Å²) in [6, 6.07) is 18.3. The number of benzene rings is 2. The van der Waals surface area contributed by atoms with Gasteiger partial charge in [-0.05, 0) is 36.4 Å². The Bertz CT molecular complexity index is 1240. The average molecular weight is 402 g/mol. The molecule has 0 bridgehead atoms. The molecule has 8 heteroatoms. The first-order valence-corrected chi connectivity index (χ1v) is 9.39. The molecular weight excluding hydrogens is 384 g/mol. The van der Waals surface area contributed by atoms with Gasteiger partial charge in [0.25, 0.3) is 5.91 Å². The second kappa shape index (κ2) is 7.40. The molecule has 0 saturated heterocycles. The number of imidazole rings is 1. The van der Waals surface area contributed by atoms with Gasteiger partial charge in [0.2, 0.25) is 12.7 Å². The third-order valence-electron chi connectivity index (χ3n) is 4.85. The molecule has 1 amide bonds. The second-order valence-electron chi connectivity index (χ2n) is 6.67.